The maximum Gasteiger partial charge on any atom is 0.419 e. The van der Waals surface area contributed by atoms with Gasteiger partial charge in [-0.1, -0.05) is 0 Å². The van der Waals surface area contributed by atoms with Crippen LogP contribution in [0.15, 0.2) is 30.3 Å². The molecule has 2 rings (SSSR count). The molecule has 0 saturated heterocycles. The number of amides is 1. The van der Waals surface area contributed by atoms with Gasteiger partial charge in [0.2, 0.25) is 0 Å². The van der Waals surface area contributed by atoms with Gasteiger partial charge in [0.25, 0.3) is 5.91 Å². The molecule has 2 aromatic rings. The van der Waals surface area contributed by atoms with Crippen molar-refractivity contribution in [2.45, 2.75) is 6.18 Å². The highest BCUT2D eigenvalue weighted by Gasteiger charge is 2.34. The Morgan fingerprint density at radius 1 is 1.08 bits per heavy atom. The number of nitrogens with one attached hydrogen (secondary N) is 1. The third kappa shape index (κ3) is 4.33. The molecule has 0 saturated carbocycles. The topological polar surface area (TPSA) is 47.6 Å². The lowest BCUT2D eigenvalue weighted by molar-refractivity contribution is -0.139. The fourth-order valence-corrected chi connectivity index (χ4v) is 2.73. The van der Waals surface area contributed by atoms with Crippen molar-refractivity contribution in [1.29, 1.82) is 0 Å². The summed E-state index contributed by atoms with van der Waals surface area (Å²) < 4.78 is 62.3. The van der Waals surface area contributed by atoms with Crippen molar-refractivity contribution in [2.75, 3.05) is 19.5 Å². The number of anilines is 1. The van der Waals surface area contributed by atoms with E-state index in [-0.39, 0.29) is 11.3 Å². The van der Waals surface area contributed by atoms with Crippen molar-refractivity contribution in [1.82, 2.24) is 0 Å². The Hall–Kier alpha value is -2.04. The fourth-order valence-electron chi connectivity index (χ4n) is 2.05. The average Bonchev–Trinajstić information content (AvgIpc) is 2.55. The molecular formula is C16H12F4INO3. The molecule has 1 N–H and O–H groups in total. The number of hydrogen-bond donors (Lipinski definition) is 1. The summed E-state index contributed by atoms with van der Waals surface area (Å²) in [6.45, 7) is 0. The first-order valence-electron chi connectivity index (χ1n) is 6.77. The van der Waals surface area contributed by atoms with Gasteiger partial charge in [-0.15, -0.1) is 0 Å². The van der Waals surface area contributed by atoms with Crippen LogP contribution in [0.3, 0.4) is 0 Å². The van der Waals surface area contributed by atoms with Crippen LogP contribution in [0.25, 0.3) is 0 Å². The summed E-state index contributed by atoms with van der Waals surface area (Å²) >= 11 is 1.89. The van der Waals surface area contributed by atoms with E-state index in [1.54, 1.807) is 6.07 Å². The smallest absolute Gasteiger partial charge is 0.419 e. The van der Waals surface area contributed by atoms with E-state index in [2.05, 4.69) is 5.32 Å². The zero-order chi connectivity index (χ0) is 18.8. The number of carbonyl (C=O) groups excluding carboxylic acids is 1. The first kappa shape index (κ1) is 19.3. The SMILES string of the molecule is COc1cc(I)c(C(=O)Nc2ccc(F)c(C(F)(F)F)c2)cc1OC. The maximum atomic E-state index is 13.3. The Morgan fingerprint density at radius 2 is 1.68 bits per heavy atom. The van der Waals surface area contributed by atoms with Gasteiger partial charge >= 0.3 is 6.18 Å². The number of carbonyl (C=O) groups is 1. The van der Waals surface area contributed by atoms with Crippen LogP contribution >= 0.6 is 22.6 Å². The molecule has 0 aliphatic carbocycles. The van der Waals surface area contributed by atoms with E-state index in [9.17, 15) is 22.4 Å². The van der Waals surface area contributed by atoms with Crippen LogP contribution in [-0.4, -0.2) is 20.1 Å². The van der Waals surface area contributed by atoms with Crippen LogP contribution in [0.5, 0.6) is 11.5 Å². The molecular weight excluding hydrogens is 457 g/mol. The van der Waals surface area contributed by atoms with Crippen molar-refractivity contribution in [3.8, 4) is 11.5 Å². The Bertz CT molecular complexity index is 809. The second-order valence-corrected chi connectivity index (χ2v) is 6.00. The molecule has 4 nitrogen and oxygen atoms in total. The summed E-state index contributed by atoms with van der Waals surface area (Å²) in [6.07, 6.45) is -4.86. The predicted octanol–water partition coefficient (Wildman–Crippen LogP) is 4.72. The van der Waals surface area contributed by atoms with Gasteiger partial charge in [-0.05, 0) is 52.9 Å². The quantitative estimate of drug-likeness (QED) is 0.521. The zero-order valence-corrected chi connectivity index (χ0v) is 15.2. The first-order valence-corrected chi connectivity index (χ1v) is 7.85. The largest absolute Gasteiger partial charge is 0.493 e. The lowest BCUT2D eigenvalue weighted by Crippen LogP contribution is -2.15. The standard InChI is InChI=1S/C16H12F4INO3/c1-24-13-6-9(12(21)7-14(13)25-2)15(23)22-8-3-4-11(17)10(5-8)16(18,19)20/h3-7H,1-2H3,(H,22,23). The molecule has 2 aromatic carbocycles. The third-order valence-electron chi connectivity index (χ3n) is 3.25. The minimum Gasteiger partial charge on any atom is -0.493 e. The molecule has 25 heavy (non-hydrogen) atoms. The summed E-state index contributed by atoms with van der Waals surface area (Å²) in [5.41, 5.74) is -1.45. The van der Waals surface area contributed by atoms with Gasteiger partial charge in [0.1, 0.15) is 5.82 Å². The van der Waals surface area contributed by atoms with E-state index in [1.165, 1.54) is 20.3 Å². The Morgan fingerprint density at radius 3 is 2.24 bits per heavy atom. The lowest BCUT2D eigenvalue weighted by Gasteiger charge is -2.13. The van der Waals surface area contributed by atoms with Crippen LogP contribution in [0.4, 0.5) is 23.2 Å². The predicted molar refractivity (Wildman–Crippen MR) is 91.6 cm³/mol. The van der Waals surface area contributed by atoms with Crippen molar-refractivity contribution in [3.05, 3.63) is 50.8 Å². The van der Waals surface area contributed by atoms with Crippen LogP contribution in [-0.2, 0) is 6.18 Å². The Kier molecular flexibility index (Phi) is 5.76. The molecule has 0 atom stereocenters. The highest BCUT2D eigenvalue weighted by atomic mass is 127. The number of alkyl halides is 3. The molecule has 134 valence electrons. The van der Waals surface area contributed by atoms with Crippen LogP contribution in [0, 0.1) is 9.39 Å². The number of halogens is 5. The molecule has 0 radical (unpaired) electrons. The molecule has 0 unspecified atom stereocenters. The summed E-state index contributed by atoms with van der Waals surface area (Å²) in [6, 6.07) is 5.21. The van der Waals surface area contributed by atoms with Gasteiger partial charge in [-0.25, -0.2) is 4.39 Å². The second-order valence-electron chi connectivity index (χ2n) is 4.83. The van der Waals surface area contributed by atoms with E-state index < -0.39 is 23.5 Å². The molecule has 1 amide bonds. The minimum absolute atomic E-state index is 0.177. The van der Waals surface area contributed by atoms with Gasteiger partial charge in [-0.3, -0.25) is 4.79 Å². The van der Waals surface area contributed by atoms with Crippen LogP contribution < -0.4 is 14.8 Å². The van der Waals surface area contributed by atoms with E-state index in [4.69, 9.17) is 9.47 Å². The summed E-state index contributed by atoms with van der Waals surface area (Å²) in [4.78, 5) is 12.4. The third-order valence-corrected chi connectivity index (χ3v) is 4.14. The zero-order valence-electron chi connectivity index (χ0n) is 13.0. The van der Waals surface area contributed by atoms with Crippen molar-refractivity contribution < 1.29 is 31.8 Å². The molecule has 9 heteroatoms. The van der Waals surface area contributed by atoms with E-state index in [0.717, 1.165) is 6.07 Å². The number of methoxy groups -OCH3 is 2. The first-order chi connectivity index (χ1) is 11.7. The number of rotatable bonds is 4. The Balaban J connectivity index is 2.35. The molecule has 0 aliphatic rings. The molecule has 0 aromatic heterocycles. The average molecular weight is 469 g/mol. The van der Waals surface area contributed by atoms with Gasteiger partial charge in [0.15, 0.2) is 11.5 Å². The van der Waals surface area contributed by atoms with E-state index in [1.807, 2.05) is 22.6 Å². The highest BCUT2D eigenvalue weighted by molar-refractivity contribution is 14.1. The highest BCUT2D eigenvalue weighted by Crippen LogP contribution is 2.34. The van der Waals surface area contributed by atoms with Gasteiger partial charge < -0.3 is 14.8 Å². The van der Waals surface area contributed by atoms with Gasteiger partial charge in [-0.2, -0.15) is 13.2 Å². The summed E-state index contributed by atoms with van der Waals surface area (Å²) in [7, 11) is 2.83. The lowest BCUT2D eigenvalue weighted by atomic mass is 10.1. The number of hydrogen-bond acceptors (Lipinski definition) is 3. The minimum atomic E-state index is -4.86. The van der Waals surface area contributed by atoms with Crippen LogP contribution in [0.2, 0.25) is 0 Å². The Labute approximate surface area is 154 Å². The van der Waals surface area contributed by atoms with Crippen molar-refractivity contribution >= 4 is 34.2 Å². The summed E-state index contributed by atoms with van der Waals surface area (Å²) in [5.74, 6) is -1.37. The van der Waals surface area contributed by atoms with Crippen molar-refractivity contribution in [3.63, 3.8) is 0 Å². The van der Waals surface area contributed by atoms with E-state index >= 15 is 0 Å². The van der Waals surface area contributed by atoms with E-state index in [0.29, 0.717) is 27.2 Å². The summed E-state index contributed by atoms with van der Waals surface area (Å²) in [5, 5.41) is 2.32. The fraction of sp³-hybridized carbons (Fsp3) is 0.188. The monoisotopic (exact) mass is 469 g/mol. The van der Waals surface area contributed by atoms with Gasteiger partial charge in [0.05, 0.1) is 25.3 Å². The van der Waals surface area contributed by atoms with Crippen LogP contribution in [0.1, 0.15) is 15.9 Å². The second kappa shape index (κ2) is 7.46. The van der Waals surface area contributed by atoms with Crippen molar-refractivity contribution in [2.24, 2.45) is 0 Å². The molecule has 0 fully saturated rings. The molecule has 0 aliphatic heterocycles. The number of benzene rings is 2. The molecule has 0 bridgehead atoms. The van der Waals surface area contributed by atoms with Gasteiger partial charge in [0, 0.05) is 9.26 Å². The molecule has 0 heterocycles. The molecule has 0 spiro atoms. The normalized spacial score (nSPS) is 11.2. The maximum absolute atomic E-state index is 13.3. The number of ether oxygens (including phenoxy) is 2.